The van der Waals surface area contributed by atoms with E-state index in [-0.39, 0.29) is 11.8 Å². The molecule has 0 atom stereocenters. The van der Waals surface area contributed by atoms with E-state index in [4.69, 9.17) is 4.74 Å². The molecule has 4 aromatic rings. The highest BCUT2D eigenvalue weighted by molar-refractivity contribution is 6.01. The van der Waals surface area contributed by atoms with Crippen LogP contribution >= 0.6 is 0 Å². The van der Waals surface area contributed by atoms with E-state index in [9.17, 15) is 9.18 Å². The van der Waals surface area contributed by atoms with Crippen LogP contribution < -0.4 is 4.74 Å². The van der Waals surface area contributed by atoms with Gasteiger partial charge in [-0.2, -0.15) is 9.49 Å². The molecule has 1 aromatic heterocycles. The number of hydrogen-bond donors (Lipinski definition) is 1. The van der Waals surface area contributed by atoms with Crippen LogP contribution in [0.3, 0.4) is 0 Å². The lowest BCUT2D eigenvalue weighted by Crippen LogP contribution is -2.18. The molecule has 1 N–H and O–H groups in total. The normalized spacial score (nSPS) is 12.3. The van der Waals surface area contributed by atoms with Crippen molar-refractivity contribution in [2.24, 2.45) is 5.92 Å². The van der Waals surface area contributed by atoms with Gasteiger partial charge in [0.15, 0.2) is 0 Å². The SMILES string of the molecule is CC(C)/C(=C(/c1ccc(OCCCC/C=C/C(=O)N(C)C)cc1)c1ccc2n[nH]c(F)c2c1)c1ccccc1. The fraction of sp³-hybridized carbons (Fsp3) is 0.273. The Balaban J connectivity index is 1.56. The Hall–Kier alpha value is -4.19. The Morgan fingerprint density at radius 3 is 2.38 bits per heavy atom. The van der Waals surface area contributed by atoms with Gasteiger partial charge in [0.25, 0.3) is 0 Å². The lowest BCUT2D eigenvalue weighted by Gasteiger charge is -2.20. The lowest BCUT2D eigenvalue weighted by atomic mass is 9.84. The standard InChI is InChI=1S/C33H36FN3O2/c1-23(2)31(24-12-8-7-9-13-24)32(26-17-20-29-28(22-26)33(34)36-35-29)25-15-18-27(19-16-25)39-21-11-6-5-10-14-30(38)37(3)4/h7-10,12-20,22-23H,5-6,11,21H2,1-4H3,(H,35,36)/b14-10+,32-31+. The minimum Gasteiger partial charge on any atom is -0.494 e. The second kappa shape index (κ2) is 13.1. The number of hydrogen-bond acceptors (Lipinski definition) is 3. The van der Waals surface area contributed by atoms with Gasteiger partial charge in [0.1, 0.15) is 5.75 Å². The molecule has 0 unspecified atom stereocenters. The first kappa shape index (κ1) is 27.8. The number of rotatable bonds is 11. The highest BCUT2D eigenvalue weighted by atomic mass is 19.1. The summed E-state index contributed by atoms with van der Waals surface area (Å²) in [5.41, 5.74) is 5.96. The van der Waals surface area contributed by atoms with Crippen molar-refractivity contribution in [1.82, 2.24) is 15.1 Å². The van der Waals surface area contributed by atoms with E-state index in [0.717, 1.165) is 47.3 Å². The maximum Gasteiger partial charge on any atom is 0.245 e. The average Bonchev–Trinajstić information content (AvgIpc) is 3.31. The third kappa shape index (κ3) is 7.02. The maximum atomic E-state index is 14.4. The van der Waals surface area contributed by atoms with Gasteiger partial charge in [0.05, 0.1) is 17.5 Å². The molecule has 0 saturated heterocycles. The van der Waals surface area contributed by atoms with E-state index in [1.807, 2.05) is 54.6 Å². The minimum absolute atomic E-state index is 0.00229. The number of allylic oxidation sites excluding steroid dienone is 2. The van der Waals surface area contributed by atoms with E-state index in [2.05, 4.69) is 48.3 Å². The first-order valence-corrected chi connectivity index (χ1v) is 13.4. The monoisotopic (exact) mass is 525 g/mol. The van der Waals surface area contributed by atoms with Crippen LogP contribution in [0.25, 0.3) is 22.0 Å². The molecule has 0 saturated carbocycles. The van der Waals surface area contributed by atoms with Crippen molar-refractivity contribution in [3.8, 4) is 5.75 Å². The number of halogens is 1. The van der Waals surface area contributed by atoms with Gasteiger partial charge in [-0.05, 0) is 83.4 Å². The quantitative estimate of drug-likeness (QED) is 0.125. The number of benzene rings is 3. The molecule has 202 valence electrons. The Kier molecular flexibility index (Phi) is 9.31. The summed E-state index contributed by atoms with van der Waals surface area (Å²) in [6, 6.07) is 24.2. The summed E-state index contributed by atoms with van der Waals surface area (Å²) in [5, 5.41) is 6.98. The Bertz CT molecular complexity index is 1450. The van der Waals surface area contributed by atoms with Crippen LogP contribution in [0.1, 0.15) is 49.8 Å². The van der Waals surface area contributed by atoms with Crippen molar-refractivity contribution in [3.63, 3.8) is 0 Å². The zero-order valence-corrected chi connectivity index (χ0v) is 23.1. The summed E-state index contributed by atoms with van der Waals surface area (Å²) >= 11 is 0. The predicted octanol–water partition coefficient (Wildman–Crippen LogP) is 7.51. The van der Waals surface area contributed by atoms with Crippen molar-refractivity contribution in [3.05, 3.63) is 108 Å². The molecule has 0 aliphatic heterocycles. The smallest absolute Gasteiger partial charge is 0.245 e. The number of fused-ring (bicyclic) bond motifs is 1. The van der Waals surface area contributed by atoms with Crippen LogP contribution in [0.5, 0.6) is 5.75 Å². The predicted molar refractivity (Wildman–Crippen MR) is 157 cm³/mol. The molecule has 39 heavy (non-hydrogen) atoms. The highest BCUT2D eigenvalue weighted by Crippen LogP contribution is 2.38. The molecule has 3 aromatic carbocycles. The molecule has 6 heteroatoms. The van der Waals surface area contributed by atoms with Gasteiger partial charge in [-0.25, -0.2) is 0 Å². The summed E-state index contributed by atoms with van der Waals surface area (Å²) in [7, 11) is 3.49. The zero-order valence-electron chi connectivity index (χ0n) is 23.1. The van der Waals surface area contributed by atoms with Crippen molar-refractivity contribution in [2.45, 2.75) is 33.1 Å². The van der Waals surface area contributed by atoms with Crippen LogP contribution in [0, 0.1) is 11.9 Å². The van der Waals surface area contributed by atoms with E-state index in [1.165, 1.54) is 5.57 Å². The van der Waals surface area contributed by atoms with Gasteiger partial charge in [0.2, 0.25) is 11.9 Å². The summed E-state index contributed by atoms with van der Waals surface area (Å²) in [6.45, 7) is 4.97. The zero-order chi connectivity index (χ0) is 27.8. The van der Waals surface area contributed by atoms with Gasteiger partial charge in [0, 0.05) is 14.1 Å². The molecular formula is C33H36FN3O2. The number of aromatic nitrogens is 2. The summed E-state index contributed by atoms with van der Waals surface area (Å²) in [4.78, 5) is 13.2. The van der Waals surface area contributed by atoms with E-state index in [1.54, 1.807) is 25.1 Å². The first-order valence-electron chi connectivity index (χ1n) is 13.4. The van der Waals surface area contributed by atoms with Crippen LogP contribution in [-0.4, -0.2) is 41.7 Å². The second-order valence-corrected chi connectivity index (χ2v) is 10.1. The Labute approximate surface area is 230 Å². The molecule has 0 bridgehead atoms. The topological polar surface area (TPSA) is 58.2 Å². The fourth-order valence-electron chi connectivity index (χ4n) is 4.60. The molecule has 0 aliphatic rings. The summed E-state index contributed by atoms with van der Waals surface area (Å²) in [5.74, 6) is 0.604. The number of nitrogens with zero attached hydrogens (tertiary/aromatic N) is 2. The third-order valence-electron chi connectivity index (χ3n) is 6.61. The second-order valence-electron chi connectivity index (χ2n) is 10.1. The van der Waals surface area contributed by atoms with Crippen molar-refractivity contribution < 1.29 is 13.9 Å². The highest BCUT2D eigenvalue weighted by Gasteiger charge is 2.18. The van der Waals surface area contributed by atoms with Gasteiger partial charge in [-0.15, -0.1) is 0 Å². The molecule has 5 nitrogen and oxygen atoms in total. The number of likely N-dealkylation sites (N-methyl/N-ethyl adjacent to an activating group) is 1. The molecule has 4 rings (SSSR count). The average molecular weight is 526 g/mol. The van der Waals surface area contributed by atoms with Gasteiger partial charge < -0.3 is 9.64 Å². The van der Waals surface area contributed by atoms with Crippen molar-refractivity contribution in [1.29, 1.82) is 0 Å². The van der Waals surface area contributed by atoms with E-state index in [0.29, 0.717) is 17.5 Å². The number of aromatic amines is 1. The number of amides is 1. The number of carbonyl (C=O) groups is 1. The van der Waals surface area contributed by atoms with Crippen molar-refractivity contribution in [2.75, 3.05) is 20.7 Å². The number of carbonyl (C=O) groups excluding carboxylic acids is 1. The molecule has 0 spiro atoms. The van der Waals surface area contributed by atoms with Crippen LogP contribution in [0.2, 0.25) is 0 Å². The van der Waals surface area contributed by atoms with Gasteiger partial charge in [-0.1, -0.05) is 68.5 Å². The van der Waals surface area contributed by atoms with Crippen LogP contribution in [0.4, 0.5) is 4.39 Å². The van der Waals surface area contributed by atoms with Crippen molar-refractivity contribution >= 4 is 28.0 Å². The van der Waals surface area contributed by atoms with E-state index >= 15 is 0 Å². The Morgan fingerprint density at radius 2 is 1.69 bits per heavy atom. The third-order valence-corrected chi connectivity index (χ3v) is 6.61. The first-order chi connectivity index (χ1) is 18.8. The molecular weight excluding hydrogens is 489 g/mol. The number of nitrogens with one attached hydrogen (secondary N) is 1. The molecule has 0 aliphatic carbocycles. The van der Waals surface area contributed by atoms with Gasteiger partial charge >= 0.3 is 0 Å². The molecule has 1 amide bonds. The minimum atomic E-state index is -0.430. The van der Waals surface area contributed by atoms with E-state index < -0.39 is 5.95 Å². The lowest BCUT2D eigenvalue weighted by molar-refractivity contribution is -0.123. The number of H-pyrrole nitrogens is 1. The Morgan fingerprint density at radius 1 is 0.974 bits per heavy atom. The summed E-state index contributed by atoms with van der Waals surface area (Å²) in [6.07, 6.45) is 6.22. The van der Waals surface area contributed by atoms with Crippen LogP contribution in [-0.2, 0) is 4.79 Å². The fourth-order valence-corrected chi connectivity index (χ4v) is 4.60. The largest absolute Gasteiger partial charge is 0.494 e. The molecule has 0 radical (unpaired) electrons. The number of ether oxygens (including phenoxy) is 1. The van der Waals surface area contributed by atoms with Gasteiger partial charge in [-0.3, -0.25) is 9.89 Å². The molecule has 1 heterocycles. The number of unbranched alkanes of at least 4 members (excludes halogenated alkanes) is 2. The van der Waals surface area contributed by atoms with Crippen LogP contribution in [0.15, 0.2) is 84.9 Å². The molecule has 0 fully saturated rings. The maximum absolute atomic E-state index is 14.4. The summed E-state index contributed by atoms with van der Waals surface area (Å²) < 4.78 is 20.4.